The van der Waals surface area contributed by atoms with Crippen molar-refractivity contribution in [2.24, 2.45) is 0 Å². The van der Waals surface area contributed by atoms with Crippen LogP contribution in [0.4, 0.5) is 0 Å². The Balaban J connectivity index is 1.80. The molecule has 0 radical (unpaired) electrons. The number of hydrogen-bond acceptors (Lipinski definition) is 3. The second kappa shape index (κ2) is 7.77. The van der Waals surface area contributed by atoms with Crippen molar-refractivity contribution in [3.8, 4) is 0 Å². The second-order valence-corrected chi connectivity index (χ2v) is 5.88. The highest BCUT2D eigenvalue weighted by Gasteiger charge is 2.18. The first kappa shape index (κ1) is 15.5. The molecule has 1 heterocycles. The van der Waals surface area contributed by atoms with Crippen LogP contribution >= 0.6 is 0 Å². The van der Waals surface area contributed by atoms with Gasteiger partial charge < -0.3 is 15.0 Å². The summed E-state index contributed by atoms with van der Waals surface area (Å²) in [5.74, 6) is 0. The van der Waals surface area contributed by atoms with Gasteiger partial charge in [-0.1, -0.05) is 37.6 Å². The average Bonchev–Trinajstić information content (AvgIpc) is 2.46. The molecular weight excluding hydrogens is 248 g/mol. The lowest BCUT2D eigenvalue weighted by atomic mass is 10.0. The Morgan fingerprint density at radius 3 is 2.75 bits per heavy atom. The quantitative estimate of drug-likeness (QED) is 0.864. The van der Waals surface area contributed by atoms with Crippen LogP contribution in [-0.2, 0) is 11.2 Å². The molecule has 2 unspecified atom stereocenters. The molecule has 3 nitrogen and oxygen atoms in total. The minimum atomic E-state index is 0.315. The van der Waals surface area contributed by atoms with E-state index in [4.69, 9.17) is 4.74 Å². The molecule has 1 aliphatic heterocycles. The molecule has 0 aromatic heterocycles. The van der Waals surface area contributed by atoms with E-state index in [0.717, 1.165) is 26.2 Å². The van der Waals surface area contributed by atoms with Crippen molar-refractivity contribution in [1.82, 2.24) is 10.2 Å². The topological polar surface area (TPSA) is 24.5 Å². The minimum absolute atomic E-state index is 0.315. The fraction of sp³-hybridized carbons (Fsp3) is 0.647. The molecule has 0 aliphatic carbocycles. The lowest BCUT2D eigenvalue weighted by Crippen LogP contribution is -2.45. The van der Waals surface area contributed by atoms with Gasteiger partial charge >= 0.3 is 0 Å². The van der Waals surface area contributed by atoms with Gasteiger partial charge in [0.15, 0.2) is 0 Å². The van der Waals surface area contributed by atoms with Gasteiger partial charge in [0.05, 0.1) is 12.7 Å². The molecule has 0 bridgehead atoms. The molecular formula is C17H28N2O. The van der Waals surface area contributed by atoms with Crippen LogP contribution in [0.1, 0.15) is 37.4 Å². The Morgan fingerprint density at radius 2 is 2.10 bits per heavy atom. The van der Waals surface area contributed by atoms with Gasteiger partial charge in [-0.3, -0.25) is 0 Å². The van der Waals surface area contributed by atoms with Crippen molar-refractivity contribution in [2.45, 2.75) is 38.8 Å². The highest BCUT2D eigenvalue weighted by molar-refractivity contribution is 5.24. The molecule has 1 saturated heterocycles. The zero-order valence-electron chi connectivity index (χ0n) is 13.1. The van der Waals surface area contributed by atoms with Gasteiger partial charge in [-0.25, -0.2) is 0 Å². The molecule has 1 aromatic rings. The van der Waals surface area contributed by atoms with E-state index in [1.165, 1.54) is 24.0 Å². The molecule has 1 N–H and O–H groups in total. The van der Waals surface area contributed by atoms with E-state index in [0.29, 0.717) is 12.1 Å². The van der Waals surface area contributed by atoms with E-state index in [-0.39, 0.29) is 0 Å². The van der Waals surface area contributed by atoms with Crippen LogP contribution in [0.3, 0.4) is 0 Å². The second-order valence-electron chi connectivity index (χ2n) is 5.88. The number of aryl methyl sites for hydroxylation is 1. The Hall–Kier alpha value is -0.900. The summed E-state index contributed by atoms with van der Waals surface area (Å²) in [6.45, 7) is 8.28. The van der Waals surface area contributed by atoms with Gasteiger partial charge in [0.2, 0.25) is 0 Å². The number of morpholine rings is 1. The van der Waals surface area contributed by atoms with E-state index in [1.807, 2.05) is 0 Å². The number of hydrogen-bond donors (Lipinski definition) is 1. The fourth-order valence-corrected chi connectivity index (χ4v) is 2.68. The lowest BCUT2D eigenvalue weighted by Gasteiger charge is -2.31. The molecule has 1 aliphatic rings. The number of likely N-dealkylation sites (N-methyl/N-ethyl adjacent to an activating group) is 1. The normalized spacial score (nSPS) is 21.9. The minimum Gasteiger partial charge on any atom is -0.374 e. The van der Waals surface area contributed by atoms with Gasteiger partial charge in [0.1, 0.15) is 0 Å². The number of benzene rings is 1. The maximum Gasteiger partial charge on any atom is 0.0826 e. The van der Waals surface area contributed by atoms with Crippen molar-refractivity contribution in [2.75, 3.05) is 33.3 Å². The van der Waals surface area contributed by atoms with Crippen molar-refractivity contribution in [3.63, 3.8) is 0 Å². The number of ether oxygens (including phenoxy) is 1. The molecule has 1 aromatic carbocycles. The largest absolute Gasteiger partial charge is 0.374 e. The van der Waals surface area contributed by atoms with Gasteiger partial charge in [-0.15, -0.1) is 0 Å². The molecule has 0 spiro atoms. The molecule has 0 saturated carbocycles. The third-order valence-electron chi connectivity index (χ3n) is 4.01. The average molecular weight is 276 g/mol. The molecule has 2 atom stereocenters. The van der Waals surface area contributed by atoms with Crippen LogP contribution in [0.2, 0.25) is 0 Å². The van der Waals surface area contributed by atoms with Gasteiger partial charge in [-0.05, 0) is 31.5 Å². The number of nitrogens with one attached hydrogen (secondary N) is 1. The highest BCUT2D eigenvalue weighted by atomic mass is 16.5. The van der Waals surface area contributed by atoms with Crippen molar-refractivity contribution in [1.29, 1.82) is 0 Å². The van der Waals surface area contributed by atoms with Crippen LogP contribution < -0.4 is 5.32 Å². The first-order valence-corrected chi connectivity index (χ1v) is 7.81. The molecule has 1 fully saturated rings. The van der Waals surface area contributed by atoms with Crippen LogP contribution in [0.15, 0.2) is 24.3 Å². The third-order valence-corrected chi connectivity index (χ3v) is 4.01. The lowest BCUT2D eigenvalue weighted by molar-refractivity contribution is -0.0190. The Kier molecular flexibility index (Phi) is 6.02. The summed E-state index contributed by atoms with van der Waals surface area (Å²) in [7, 11) is 2.16. The standard InChI is InChI=1S/C17H28N2O/c1-4-5-15-6-8-16(9-7-15)14(2)18-12-17-13-19(3)10-11-20-17/h6-9,14,17-18H,4-5,10-13H2,1-3H3. The smallest absolute Gasteiger partial charge is 0.0826 e. The summed E-state index contributed by atoms with van der Waals surface area (Å²) in [4.78, 5) is 2.33. The summed E-state index contributed by atoms with van der Waals surface area (Å²) in [5.41, 5.74) is 2.79. The predicted molar refractivity (Wildman–Crippen MR) is 84.1 cm³/mol. The number of nitrogens with zero attached hydrogens (tertiary/aromatic N) is 1. The zero-order chi connectivity index (χ0) is 14.4. The fourth-order valence-electron chi connectivity index (χ4n) is 2.68. The summed E-state index contributed by atoms with van der Waals surface area (Å²) in [6, 6.07) is 9.37. The summed E-state index contributed by atoms with van der Waals surface area (Å²) in [5, 5.41) is 3.59. The van der Waals surface area contributed by atoms with Crippen LogP contribution in [0, 0.1) is 0 Å². The molecule has 112 valence electrons. The first-order chi connectivity index (χ1) is 9.69. The Bertz CT molecular complexity index is 390. The van der Waals surface area contributed by atoms with E-state index in [1.54, 1.807) is 0 Å². The molecule has 0 amide bonds. The summed E-state index contributed by atoms with van der Waals surface area (Å²) >= 11 is 0. The van der Waals surface area contributed by atoms with Gasteiger partial charge in [-0.2, -0.15) is 0 Å². The molecule has 20 heavy (non-hydrogen) atoms. The van der Waals surface area contributed by atoms with Crippen molar-refractivity contribution < 1.29 is 4.74 Å². The maximum absolute atomic E-state index is 5.78. The zero-order valence-corrected chi connectivity index (χ0v) is 13.1. The highest BCUT2D eigenvalue weighted by Crippen LogP contribution is 2.14. The van der Waals surface area contributed by atoms with Crippen LogP contribution in [-0.4, -0.2) is 44.3 Å². The van der Waals surface area contributed by atoms with E-state index >= 15 is 0 Å². The first-order valence-electron chi connectivity index (χ1n) is 7.81. The summed E-state index contributed by atoms with van der Waals surface area (Å²) < 4.78 is 5.78. The predicted octanol–water partition coefficient (Wildman–Crippen LogP) is 2.62. The van der Waals surface area contributed by atoms with Crippen molar-refractivity contribution in [3.05, 3.63) is 35.4 Å². The van der Waals surface area contributed by atoms with Crippen LogP contribution in [0.25, 0.3) is 0 Å². The number of rotatable bonds is 6. The molecule has 3 heteroatoms. The monoisotopic (exact) mass is 276 g/mol. The summed E-state index contributed by atoms with van der Waals surface area (Å²) in [6.07, 6.45) is 2.69. The third kappa shape index (κ3) is 4.58. The van der Waals surface area contributed by atoms with Gasteiger partial charge in [0.25, 0.3) is 0 Å². The van der Waals surface area contributed by atoms with E-state index in [9.17, 15) is 0 Å². The SMILES string of the molecule is CCCc1ccc(C(C)NCC2CN(C)CCO2)cc1. The molecule has 2 rings (SSSR count). The van der Waals surface area contributed by atoms with E-state index in [2.05, 4.69) is 55.4 Å². The van der Waals surface area contributed by atoms with Crippen molar-refractivity contribution >= 4 is 0 Å². The Morgan fingerprint density at radius 1 is 1.35 bits per heavy atom. The van der Waals surface area contributed by atoms with Crippen LogP contribution in [0.5, 0.6) is 0 Å². The maximum atomic E-state index is 5.78. The van der Waals surface area contributed by atoms with Gasteiger partial charge in [0, 0.05) is 25.7 Å². The van der Waals surface area contributed by atoms with E-state index < -0.39 is 0 Å². The Labute approximate surface area is 123 Å².